The van der Waals surface area contributed by atoms with E-state index in [1.54, 1.807) is 0 Å². The largest absolute Gasteiger partial charge is 0.393 e. The maximum absolute atomic E-state index is 12.0. The second kappa shape index (κ2) is 4.77. The van der Waals surface area contributed by atoms with Crippen molar-refractivity contribution in [2.75, 3.05) is 13.7 Å². The number of nitrogens with one attached hydrogen (secondary N) is 1. The molecule has 2 aliphatic rings. The van der Waals surface area contributed by atoms with Crippen LogP contribution in [0.25, 0.3) is 0 Å². The SMILES string of the molecule is Cc1cn([C@@H]2O[C@@]3(CO)CC(=O)N(C)C2C3O)c(=O)[nH]c1=O. The van der Waals surface area contributed by atoms with Crippen LogP contribution in [0.3, 0.4) is 0 Å². The Morgan fingerprint density at radius 2 is 2.14 bits per heavy atom. The Bertz CT molecular complexity index is 740. The minimum absolute atomic E-state index is 0.175. The molecular weight excluding hydrogens is 294 g/mol. The van der Waals surface area contributed by atoms with Crippen molar-refractivity contribution in [3.05, 3.63) is 32.6 Å². The summed E-state index contributed by atoms with van der Waals surface area (Å²) in [5.41, 5.74) is -2.34. The average molecular weight is 311 g/mol. The number of aryl methyl sites for hydroxylation is 1. The molecule has 9 heteroatoms. The number of likely N-dealkylation sites (tertiary alicyclic amines) is 1. The number of hydrogen-bond donors (Lipinski definition) is 3. The highest BCUT2D eigenvalue weighted by Crippen LogP contribution is 2.44. The number of rotatable bonds is 2. The third kappa shape index (κ3) is 1.86. The number of amides is 1. The Morgan fingerprint density at radius 1 is 1.45 bits per heavy atom. The van der Waals surface area contributed by atoms with Gasteiger partial charge in [-0.2, -0.15) is 0 Å². The van der Waals surface area contributed by atoms with Gasteiger partial charge in [0.1, 0.15) is 17.7 Å². The predicted octanol–water partition coefficient (Wildman–Crippen LogP) is -2.30. The van der Waals surface area contributed by atoms with Crippen molar-refractivity contribution >= 4 is 5.91 Å². The fraction of sp³-hybridized carbons (Fsp3) is 0.615. The molecule has 3 N–H and O–H groups in total. The van der Waals surface area contributed by atoms with E-state index >= 15 is 0 Å². The summed E-state index contributed by atoms with van der Waals surface area (Å²) >= 11 is 0. The Labute approximate surface area is 124 Å². The van der Waals surface area contributed by atoms with Gasteiger partial charge in [-0.1, -0.05) is 0 Å². The van der Waals surface area contributed by atoms with Crippen LogP contribution in [0.4, 0.5) is 0 Å². The molecule has 3 heterocycles. The number of piperidine rings is 1. The van der Waals surface area contributed by atoms with Gasteiger partial charge in [0.2, 0.25) is 5.91 Å². The summed E-state index contributed by atoms with van der Waals surface area (Å²) < 4.78 is 6.85. The van der Waals surface area contributed by atoms with E-state index in [2.05, 4.69) is 4.98 Å². The Balaban J connectivity index is 2.13. The zero-order chi connectivity index (χ0) is 16.2. The van der Waals surface area contributed by atoms with E-state index in [0.717, 1.165) is 4.57 Å². The third-order valence-electron chi connectivity index (χ3n) is 4.49. The molecule has 1 amide bonds. The molecule has 0 spiro atoms. The first-order chi connectivity index (χ1) is 10.3. The van der Waals surface area contributed by atoms with Crippen LogP contribution in [0.2, 0.25) is 0 Å². The molecule has 2 unspecified atom stereocenters. The minimum atomic E-state index is -1.43. The topological polar surface area (TPSA) is 125 Å². The molecular formula is C13H17N3O6. The van der Waals surface area contributed by atoms with Crippen LogP contribution in [-0.4, -0.2) is 62.0 Å². The van der Waals surface area contributed by atoms with Gasteiger partial charge in [0.05, 0.1) is 13.0 Å². The molecule has 2 aliphatic heterocycles. The van der Waals surface area contributed by atoms with Gasteiger partial charge in [-0.05, 0) is 6.92 Å². The molecule has 4 atom stereocenters. The van der Waals surface area contributed by atoms with Crippen LogP contribution in [0.15, 0.2) is 15.8 Å². The number of aliphatic hydroxyl groups excluding tert-OH is 2. The standard InChI is InChI=1S/C13H17N3O6/c1-6-4-16(12(21)14-10(6)20)11-8-9(19)13(5-17,22-11)3-7(18)15(8)2/h4,8-9,11,17,19H,3,5H2,1-2H3,(H,14,20,21)/t8?,9?,11-,13-/m1/s1. The molecule has 2 saturated heterocycles. The van der Waals surface area contributed by atoms with E-state index < -0.39 is 41.8 Å². The zero-order valence-corrected chi connectivity index (χ0v) is 12.1. The van der Waals surface area contributed by atoms with Crippen LogP contribution in [0, 0.1) is 6.92 Å². The summed E-state index contributed by atoms with van der Waals surface area (Å²) in [6.07, 6.45) is -0.973. The number of ether oxygens (including phenoxy) is 1. The quantitative estimate of drug-likeness (QED) is 0.564. The normalized spacial score (nSPS) is 34.3. The number of carbonyl (C=O) groups is 1. The fourth-order valence-electron chi connectivity index (χ4n) is 3.13. The molecule has 3 rings (SSSR count). The van der Waals surface area contributed by atoms with Crippen molar-refractivity contribution in [3.63, 3.8) is 0 Å². The zero-order valence-electron chi connectivity index (χ0n) is 12.1. The third-order valence-corrected chi connectivity index (χ3v) is 4.49. The Kier molecular flexibility index (Phi) is 3.24. The van der Waals surface area contributed by atoms with E-state index in [9.17, 15) is 24.6 Å². The maximum atomic E-state index is 12.0. The molecule has 2 fully saturated rings. The summed E-state index contributed by atoms with van der Waals surface area (Å²) in [5.74, 6) is -0.291. The number of fused-ring (bicyclic) bond motifs is 2. The Morgan fingerprint density at radius 3 is 2.77 bits per heavy atom. The number of nitrogens with zero attached hydrogens (tertiary/aromatic N) is 2. The molecule has 0 saturated carbocycles. The summed E-state index contributed by atoms with van der Waals surface area (Å²) in [4.78, 5) is 39.0. The smallest absolute Gasteiger partial charge is 0.330 e. The molecule has 1 aromatic rings. The highest BCUT2D eigenvalue weighted by molar-refractivity contribution is 5.79. The number of H-pyrrole nitrogens is 1. The lowest BCUT2D eigenvalue weighted by atomic mass is 9.86. The second-order valence-electron chi connectivity index (χ2n) is 5.83. The molecule has 2 bridgehead atoms. The van der Waals surface area contributed by atoms with E-state index in [1.807, 2.05) is 0 Å². The van der Waals surface area contributed by atoms with E-state index in [-0.39, 0.29) is 12.3 Å². The Hall–Kier alpha value is -1.97. The molecule has 0 aromatic carbocycles. The fourth-order valence-corrected chi connectivity index (χ4v) is 3.13. The number of hydrogen-bond acceptors (Lipinski definition) is 6. The van der Waals surface area contributed by atoms with Crippen LogP contribution >= 0.6 is 0 Å². The van der Waals surface area contributed by atoms with Crippen LogP contribution in [0.1, 0.15) is 18.2 Å². The predicted molar refractivity (Wildman–Crippen MR) is 73.2 cm³/mol. The average Bonchev–Trinajstić information content (AvgIpc) is 2.68. The van der Waals surface area contributed by atoms with Gasteiger partial charge in [0.15, 0.2) is 6.23 Å². The van der Waals surface area contributed by atoms with Crippen molar-refractivity contribution in [3.8, 4) is 0 Å². The van der Waals surface area contributed by atoms with Crippen LogP contribution < -0.4 is 11.2 Å². The van der Waals surface area contributed by atoms with Crippen molar-refractivity contribution in [2.45, 2.75) is 37.3 Å². The number of aromatic nitrogens is 2. The van der Waals surface area contributed by atoms with Crippen molar-refractivity contribution in [1.29, 1.82) is 0 Å². The number of likely N-dealkylation sites (N-methyl/N-ethyl adjacent to an activating group) is 1. The molecule has 9 nitrogen and oxygen atoms in total. The minimum Gasteiger partial charge on any atom is -0.393 e. The van der Waals surface area contributed by atoms with Crippen LogP contribution in [0.5, 0.6) is 0 Å². The van der Waals surface area contributed by atoms with E-state index in [1.165, 1.54) is 25.1 Å². The van der Waals surface area contributed by atoms with Gasteiger partial charge in [-0.15, -0.1) is 0 Å². The van der Waals surface area contributed by atoms with Gasteiger partial charge in [0.25, 0.3) is 5.56 Å². The first kappa shape index (κ1) is 14.9. The van der Waals surface area contributed by atoms with Crippen molar-refractivity contribution in [1.82, 2.24) is 14.5 Å². The lowest BCUT2D eigenvalue weighted by molar-refractivity contribution is -0.158. The number of carbonyl (C=O) groups excluding carboxylic acids is 1. The van der Waals surface area contributed by atoms with Gasteiger partial charge in [0, 0.05) is 18.8 Å². The summed E-state index contributed by atoms with van der Waals surface area (Å²) in [7, 11) is 1.50. The first-order valence-electron chi connectivity index (χ1n) is 6.85. The summed E-state index contributed by atoms with van der Waals surface area (Å²) in [6, 6.07) is -0.823. The van der Waals surface area contributed by atoms with Crippen molar-refractivity contribution < 1.29 is 19.7 Å². The highest BCUT2D eigenvalue weighted by Gasteiger charge is 2.61. The number of aliphatic hydroxyl groups is 2. The van der Waals surface area contributed by atoms with Gasteiger partial charge < -0.3 is 19.8 Å². The lowest BCUT2D eigenvalue weighted by Gasteiger charge is -2.38. The van der Waals surface area contributed by atoms with Gasteiger partial charge in [-0.25, -0.2) is 4.79 Å². The van der Waals surface area contributed by atoms with E-state index in [4.69, 9.17) is 4.74 Å². The molecule has 22 heavy (non-hydrogen) atoms. The second-order valence-corrected chi connectivity index (χ2v) is 5.83. The molecule has 1 aromatic heterocycles. The highest BCUT2D eigenvalue weighted by atomic mass is 16.6. The van der Waals surface area contributed by atoms with Crippen LogP contribution in [-0.2, 0) is 9.53 Å². The first-order valence-corrected chi connectivity index (χ1v) is 6.85. The molecule has 0 aliphatic carbocycles. The van der Waals surface area contributed by atoms with Gasteiger partial charge in [-0.3, -0.25) is 19.1 Å². The maximum Gasteiger partial charge on any atom is 0.330 e. The molecule has 120 valence electrons. The summed E-state index contributed by atoms with van der Waals surface area (Å²) in [6.45, 7) is 0.987. The summed E-state index contributed by atoms with van der Waals surface area (Å²) in [5, 5.41) is 20.0. The van der Waals surface area contributed by atoms with Crippen molar-refractivity contribution in [2.24, 2.45) is 0 Å². The lowest BCUT2D eigenvalue weighted by Crippen LogP contribution is -2.59. The van der Waals surface area contributed by atoms with E-state index in [0.29, 0.717) is 5.56 Å². The number of aromatic amines is 1. The molecule has 0 radical (unpaired) electrons. The van der Waals surface area contributed by atoms with Gasteiger partial charge >= 0.3 is 5.69 Å². The monoisotopic (exact) mass is 311 g/mol.